The number of halogens is 1. The second-order valence-electron chi connectivity index (χ2n) is 15.7. The average Bonchev–Trinajstić information content (AvgIpc) is 3.99. The van der Waals surface area contributed by atoms with Crippen molar-refractivity contribution in [3.63, 3.8) is 0 Å². The number of fused-ring (bicyclic) bond motifs is 5. The van der Waals surface area contributed by atoms with Gasteiger partial charge in [-0.25, -0.2) is 4.79 Å². The van der Waals surface area contributed by atoms with E-state index >= 15 is 0 Å². The number of nitrogens with zero attached hydrogens (tertiary/aromatic N) is 3. The van der Waals surface area contributed by atoms with Gasteiger partial charge in [0, 0.05) is 88.5 Å². The lowest BCUT2D eigenvalue weighted by atomic mass is 9.95. The summed E-state index contributed by atoms with van der Waals surface area (Å²) in [4.78, 5) is 66.0. The van der Waals surface area contributed by atoms with Crippen molar-refractivity contribution in [3.05, 3.63) is 95.8 Å². The van der Waals surface area contributed by atoms with Crippen LogP contribution in [0.5, 0.6) is 5.75 Å². The molecular formula is C45H46ClN7O5S. The van der Waals surface area contributed by atoms with Gasteiger partial charge in [-0.1, -0.05) is 30.7 Å². The molecule has 304 valence electrons. The number of hydrogen-bond acceptors (Lipinski definition) is 7. The van der Waals surface area contributed by atoms with Crippen LogP contribution in [0.2, 0.25) is 0 Å². The summed E-state index contributed by atoms with van der Waals surface area (Å²) in [5.74, 6) is 0.348. The van der Waals surface area contributed by atoms with E-state index in [2.05, 4.69) is 38.1 Å². The van der Waals surface area contributed by atoms with Gasteiger partial charge >= 0.3 is 6.09 Å². The number of H-pyrrole nitrogens is 2. The second-order valence-corrected chi connectivity index (χ2v) is 16.5. The van der Waals surface area contributed by atoms with Gasteiger partial charge in [0.25, 0.3) is 11.8 Å². The van der Waals surface area contributed by atoms with Crippen LogP contribution in [-0.4, -0.2) is 94.0 Å². The predicted octanol–water partition coefficient (Wildman–Crippen LogP) is 8.75. The molecule has 6 aromatic rings. The van der Waals surface area contributed by atoms with Crippen molar-refractivity contribution >= 4 is 97.7 Å². The maximum Gasteiger partial charge on any atom is 0.415 e. The molecule has 59 heavy (non-hydrogen) atoms. The Hall–Kier alpha value is -5.50. The number of carbonyl (C=O) groups excluding carboxylic acids is 4. The summed E-state index contributed by atoms with van der Waals surface area (Å²) in [6.45, 7) is 3.95. The molecule has 2 aromatic heterocycles. The summed E-state index contributed by atoms with van der Waals surface area (Å²) in [7, 11) is 0. The highest BCUT2D eigenvalue weighted by Gasteiger charge is 2.36. The number of amides is 4. The van der Waals surface area contributed by atoms with Gasteiger partial charge in [0.1, 0.15) is 17.1 Å². The topological polar surface area (TPSA) is 143 Å². The molecule has 3 aliphatic rings. The molecule has 0 spiro atoms. The Morgan fingerprint density at radius 1 is 0.780 bits per heavy atom. The number of benzene rings is 4. The zero-order valence-corrected chi connectivity index (χ0v) is 34.2. The third-order valence-corrected chi connectivity index (χ3v) is 12.6. The highest BCUT2D eigenvalue weighted by atomic mass is 35.5. The summed E-state index contributed by atoms with van der Waals surface area (Å²) in [5.41, 5.74) is 5.05. The Kier molecular flexibility index (Phi) is 11.0. The van der Waals surface area contributed by atoms with E-state index in [1.54, 1.807) is 34.1 Å². The molecule has 0 aliphatic carbocycles. The molecule has 0 saturated carbocycles. The number of likely N-dealkylation sites (tertiary alicyclic amines) is 2. The van der Waals surface area contributed by atoms with Crippen LogP contribution >= 0.6 is 24.2 Å². The monoisotopic (exact) mass is 831 g/mol. The quantitative estimate of drug-likeness (QED) is 0.0729. The van der Waals surface area contributed by atoms with Gasteiger partial charge in [-0.05, 0) is 104 Å². The van der Waals surface area contributed by atoms with Gasteiger partial charge in [0.15, 0.2) is 0 Å². The number of anilines is 3. The number of hydrogen-bond donors (Lipinski definition) is 5. The van der Waals surface area contributed by atoms with Crippen LogP contribution in [0.3, 0.4) is 0 Å². The summed E-state index contributed by atoms with van der Waals surface area (Å²) >= 11 is 10.7. The molecule has 0 bridgehead atoms. The van der Waals surface area contributed by atoms with Crippen molar-refractivity contribution in [3.8, 4) is 5.75 Å². The number of aromatic amines is 2. The van der Waals surface area contributed by atoms with Crippen LogP contribution in [0, 0.1) is 0 Å². The highest BCUT2D eigenvalue weighted by Crippen LogP contribution is 2.46. The third kappa shape index (κ3) is 7.86. The summed E-state index contributed by atoms with van der Waals surface area (Å²) in [5, 5.41) is 9.04. The maximum absolute atomic E-state index is 14.4. The molecule has 14 heteroatoms. The number of thiol groups is 1. The van der Waals surface area contributed by atoms with Crippen molar-refractivity contribution in [1.29, 1.82) is 0 Å². The number of rotatable bonds is 9. The van der Waals surface area contributed by atoms with Crippen molar-refractivity contribution in [1.82, 2.24) is 19.8 Å². The number of nitrogens with one attached hydrogen (secondary N) is 4. The number of alkyl halides is 1. The normalized spacial score (nSPS) is 17.4. The molecule has 1 atom stereocenters. The summed E-state index contributed by atoms with van der Waals surface area (Å²) in [6, 6.07) is 24.5. The molecule has 3 aliphatic heterocycles. The fourth-order valence-electron chi connectivity index (χ4n) is 9.00. The smallest absolute Gasteiger partial charge is 0.409 e. The minimum absolute atomic E-state index is 0.127. The van der Waals surface area contributed by atoms with E-state index in [4.69, 9.17) is 16.3 Å². The average molecular weight is 832 g/mol. The lowest BCUT2D eigenvalue weighted by Crippen LogP contribution is -2.48. The first-order valence-electron chi connectivity index (χ1n) is 20.4. The molecule has 12 nitrogen and oxygen atoms in total. The van der Waals surface area contributed by atoms with Crippen LogP contribution in [0.15, 0.2) is 78.9 Å². The zero-order chi connectivity index (χ0) is 40.6. The Labute approximate surface area is 352 Å². The number of piperidine rings is 2. The Bertz CT molecular complexity index is 2590. The third-order valence-electron chi connectivity index (χ3n) is 12.0. The van der Waals surface area contributed by atoms with E-state index in [0.717, 1.165) is 64.1 Å². The van der Waals surface area contributed by atoms with Crippen LogP contribution in [0.4, 0.5) is 21.9 Å². The van der Waals surface area contributed by atoms with Crippen molar-refractivity contribution < 1.29 is 23.9 Å². The molecular weight excluding hydrogens is 786 g/mol. The largest absolute Gasteiger partial charge is 0.415 e. The van der Waals surface area contributed by atoms with Crippen LogP contribution < -0.4 is 20.3 Å². The maximum atomic E-state index is 14.4. The van der Waals surface area contributed by atoms with E-state index in [9.17, 15) is 19.2 Å². The fraction of sp³-hybridized carbons (Fsp3) is 0.333. The molecule has 9 rings (SSSR count). The summed E-state index contributed by atoms with van der Waals surface area (Å²) < 4.78 is 6.19. The molecule has 4 amide bonds. The Morgan fingerprint density at radius 3 is 2.14 bits per heavy atom. The summed E-state index contributed by atoms with van der Waals surface area (Å²) in [6.07, 6.45) is 5.59. The lowest BCUT2D eigenvalue weighted by molar-refractivity contribution is -0.115. The van der Waals surface area contributed by atoms with Gasteiger partial charge in [0.2, 0.25) is 5.91 Å². The highest BCUT2D eigenvalue weighted by molar-refractivity contribution is 7.80. The number of ether oxygens (including phenoxy) is 1. The standard InChI is InChI=1S/C45H46ClN7O5S/c46-25-29-26-53(39-24-40(33-6-2-3-7-34(33)42(29)39)58-45(57)52-17-12-32(13-18-52)51-15-4-1-5-16-51)44(56)38-23-28-21-31(9-11-36(28)50-38)48-43(55)37-22-27-20-30(8-10-35(27)49-37)47-41(54)14-19-59/h2-3,6-11,20-24,29,32,49-50,59H,1,4-5,12-19,25-26H2,(H,47,54)(H,48,55)/t29-/m1/s1. The molecule has 5 heterocycles. The van der Waals surface area contributed by atoms with Gasteiger partial charge in [0.05, 0.1) is 5.69 Å². The van der Waals surface area contributed by atoms with Crippen LogP contribution in [-0.2, 0) is 4.79 Å². The molecule has 0 radical (unpaired) electrons. The Balaban J connectivity index is 0.925. The lowest BCUT2D eigenvalue weighted by Gasteiger charge is -2.39. The fourth-order valence-corrected chi connectivity index (χ4v) is 9.45. The molecule has 0 unspecified atom stereocenters. The van der Waals surface area contributed by atoms with Gasteiger partial charge < -0.3 is 40.0 Å². The van der Waals surface area contributed by atoms with Gasteiger partial charge in [-0.15, -0.1) is 11.6 Å². The molecule has 2 fully saturated rings. The molecule has 4 N–H and O–H groups in total. The molecule has 4 aromatic carbocycles. The molecule has 2 saturated heterocycles. The van der Waals surface area contributed by atoms with E-state index in [1.807, 2.05) is 54.6 Å². The first kappa shape index (κ1) is 39.0. The Morgan fingerprint density at radius 2 is 1.44 bits per heavy atom. The first-order valence-corrected chi connectivity index (χ1v) is 21.5. The van der Waals surface area contributed by atoms with E-state index in [1.165, 1.54) is 19.3 Å². The first-order chi connectivity index (χ1) is 28.8. The van der Waals surface area contributed by atoms with Crippen LogP contribution in [0.25, 0.3) is 32.6 Å². The van der Waals surface area contributed by atoms with Gasteiger partial charge in [-0.2, -0.15) is 12.6 Å². The van der Waals surface area contributed by atoms with Crippen LogP contribution in [0.1, 0.15) is 71.0 Å². The second kappa shape index (κ2) is 16.6. The minimum atomic E-state index is -0.375. The van der Waals surface area contributed by atoms with E-state index in [0.29, 0.717) is 77.9 Å². The van der Waals surface area contributed by atoms with E-state index in [-0.39, 0.29) is 29.7 Å². The van der Waals surface area contributed by atoms with Crippen molar-refractivity contribution in [2.24, 2.45) is 0 Å². The van der Waals surface area contributed by atoms with E-state index < -0.39 is 0 Å². The number of carbonyl (C=O) groups is 4. The zero-order valence-electron chi connectivity index (χ0n) is 32.6. The van der Waals surface area contributed by atoms with Crippen molar-refractivity contribution in [2.75, 3.05) is 59.9 Å². The number of aromatic nitrogens is 2. The SMILES string of the molecule is O=C(CCS)Nc1ccc2[nH]c(C(=O)Nc3ccc4[nH]c(C(=O)N5C[C@@H](CCl)c6c5cc(OC(=O)N5CCC(N7CCCCC7)CC5)c5ccccc65)cc4c3)cc2c1. The van der Waals surface area contributed by atoms with Crippen molar-refractivity contribution in [2.45, 2.75) is 50.5 Å². The predicted molar refractivity (Wildman–Crippen MR) is 237 cm³/mol. The minimum Gasteiger partial charge on any atom is -0.409 e. The van der Waals surface area contributed by atoms with Gasteiger partial charge in [-0.3, -0.25) is 14.4 Å².